The number of nitro benzene ring substituents is 1. The molecule has 0 heterocycles. The van der Waals surface area contributed by atoms with Crippen LogP contribution in [0.3, 0.4) is 0 Å². The van der Waals surface area contributed by atoms with E-state index in [0.717, 1.165) is 0 Å². The fourth-order valence-electron chi connectivity index (χ4n) is 1.41. The second-order valence-electron chi connectivity index (χ2n) is 3.69. The summed E-state index contributed by atoms with van der Waals surface area (Å²) < 4.78 is 0.677. The highest BCUT2D eigenvalue weighted by molar-refractivity contribution is 9.10. The van der Waals surface area contributed by atoms with E-state index >= 15 is 0 Å². The Morgan fingerprint density at radius 2 is 2.17 bits per heavy atom. The van der Waals surface area contributed by atoms with Gasteiger partial charge in [-0.3, -0.25) is 14.9 Å². The summed E-state index contributed by atoms with van der Waals surface area (Å²) in [5.74, 6) is -0.0913. The normalized spacial score (nSPS) is 10.1. The molecule has 0 saturated heterocycles. The third-order valence-electron chi connectivity index (χ3n) is 2.24. The summed E-state index contributed by atoms with van der Waals surface area (Å²) in [6.45, 7) is 2.90. The van der Waals surface area contributed by atoms with Crippen molar-refractivity contribution in [3.8, 4) is 0 Å². The van der Waals surface area contributed by atoms with Gasteiger partial charge in [0.05, 0.1) is 4.92 Å². The van der Waals surface area contributed by atoms with Gasteiger partial charge in [-0.15, -0.1) is 0 Å². The molecule has 0 atom stereocenters. The predicted molar refractivity (Wildman–Crippen MR) is 71.2 cm³/mol. The van der Waals surface area contributed by atoms with E-state index < -0.39 is 4.92 Å². The Bertz CT molecular complexity index is 451. The van der Waals surface area contributed by atoms with Gasteiger partial charge in [-0.05, 0) is 12.1 Å². The van der Waals surface area contributed by atoms with Gasteiger partial charge >= 0.3 is 0 Å². The minimum Gasteiger partial charge on any atom is -0.355 e. The fraction of sp³-hybridized carbons (Fsp3) is 0.364. The number of halogens is 1. The number of carbonyl (C=O) groups excluding carboxylic acids is 1. The smallest absolute Gasteiger partial charge is 0.275 e. The quantitative estimate of drug-likeness (QED) is 0.474. The Morgan fingerprint density at radius 3 is 2.78 bits per heavy atom. The standard InChI is InChI=1S/C11H14BrN3O3/c1-8(16)14-5-4-13-7-9-2-3-10(12)6-11(9)15(17)18/h2-3,6,13H,4-5,7H2,1H3,(H,14,16). The average molecular weight is 316 g/mol. The van der Waals surface area contributed by atoms with Crippen LogP contribution in [0.2, 0.25) is 0 Å². The van der Waals surface area contributed by atoms with Crippen LogP contribution >= 0.6 is 15.9 Å². The molecule has 0 saturated carbocycles. The first kappa shape index (κ1) is 14.6. The molecule has 7 heteroatoms. The zero-order valence-corrected chi connectivity index (χ0v) is 11.5. The summed E-state index contributed by atoms with van der Waals surface area (Å²) in [7, 11) is 0. The van der Waals surface area contributed by atoms with Crippen LogP contribution in [-0.2, 0) is 11.3 Å². The lowest BCUT2D eigenvalue weighted by Crippen LogP contribution is -2.30. The van der Waals surface area contributed by atoms with Crippen LogP contribution in [0, 0.1) is 10.1 Å². The zero-order valence-electron chi connectivity index (χ0n) is 9.90. The number of hydrogen-bond acceptors (Lipinski definition) is 4. The molecule has 6 nitrogen and oxygen atoms in total. The van der Waals surface area contributed by atoms with Crippen molar-refractivity contribution in [3.63, 3.8) is 0 Å². The molecule has 0 aromatic heterocycles. The highest BCUT2D eigenvalue weighted by Crippen LogP contribution is 2.23. The summed E-state index contributed by atoms with van der Waals surface area (Å²) in [5.41, 5.74) is 0.697. The lowest BCUT2D eigenvalue weighted by Gasteiger charge is -2.06. The van der Waals surface area contributed by atoms with E-state index in [4.69, 9.17) is 0 Å². The van der Waals surface area contributed by atoms with Crippen LogP contribution in [0.25, 0.3) is 0 Å². The molecule has 1 aromatic carbocycles. The van der Waals surface area contributed by atoms with Gasteiger partial charge in [0.2, 0.25) is 5.91 Å². The van der Waals surface area contributed by atoms with E-state index in [1.54, 1.807) is 12.1 Å². The molecule has 18 heavy (non-hydrogen) atoms. The largest absolute Gasteiger partial charge is 0.355 e. The van der Waals surface area contributed by atoms with Crippen molar-refractivity contribution in [1.29, 1.82) is 0 Å². The van der Waals surface area contributed by atoms with Gasteiger partial charge in [0.15, 0.2) is 0 Å². The topological polar surface area (TPSA) is 84.3 Å². The molecule has 0 unspecified atom stereocenters. The van der Waals surface area contributed by atoms with Crippen molar-refractivity contribution in [2.75, 3.05) is 13.1 Å². The van der Waals surface area contributed by atoms with E-state index in [1.165, 1.54) is 13.0 Å². The van der Waals surface area contributed by atoms with Crippen LogP contribution in [0.1, 0.15) is 12.5 Å². The summed E-state index contributed by atoms with van der Waals surface area (Å²) in [5, 5.41) is 16.5. The molecular formula is C11H14BrN3O3. The molecule has 0 radical (unpaired) electrons. The van der Waals surface area contributed by atoms with Gasteiger partial charge in [0.1, 0.15) is 0 Å². The van der Waals surface area contributed by atoms with Crippen molar-refractivity contribution in [2.45, 2.75) is 13.5 Å². The third kappa shape index (κ3) is 4.80. The van der Waals surface area contributed by atoms with Crippen molar-refractivity contribution in [3.05, 3.63) is 38.3 Å². The fourth-order valence-corrected chi connectivity index (χ4v) is 1.76. The summed E-state index contributed by atoms with van der Waals surface area (Å²) >= 11 is 3.20. The van der Waals surface area contributed by atoms with Crippen LogP contribution in [0.5, 0.6) is 0 Å². The second-order valence-corrected chi connectivity index (χ2v) is 4.61. The van der Waals surface area contributed by atoms with Crippen molar-refractivity contribution in [1.82, 2.24) is 10.6 Å². The Balaban J connectivity index is 2.51. The number of amides is 1. The van der Waals surface area contributed by atoms with E-state index in [-0.39, 0.29) is 11.6 Å². The molecule has 0 bridgehead atoms. The highest BCUT2D eigenvalue weighted by atomic mass is 79.9. The average Bonchev–Trinajstić information content (AvgIpc) is 2.29. The number of nitrogens with zero attached hydrogens (tertiary/aromatic N) is 1. The van der Waals surface area contributed by atoms with Gasteiger partial charge < -0.3 is 10.6 Å². The minimum absolute atomic E-state index is 0.0800. The molecule has 1 amide bonds. The maximum atomic E-state index is 10.9. The van der Waals surface area contributed by atoms with E-state index in [1.807, 2.05) is 0 Å². The van der Waals surface area contributed by atoms with E-state index in [2.05, 4.69) is 26.6 Å². The zero-order chi connectivity index (χ0) is 13.5. The van der Waals surface area contributed by atoms with Crippen molar-refractivity contribution >= 4 is 27.5 Å². The molecule has 0 aliphatic carbocycles. The number of nitrogens with one attached hydrogen (secondary N) is 2. The lowest BCUT2D eigenvalue weighted by molar-refractivity contribution is -0.385. The Hall–Kier alpha value is -1.47. The Morgan fingerprint density at radius 1 is 1.44 bits per heavy atom. The van der Waals surface area contributed by atoms with Gasteiger partial charge in [0.25, 0.3) is 5.69 Å². The number of hydrogen-bond donors (Lipinski definition) is 2. The first-order valence-electron chi connectivity index (χ1n) is 5.38. The van der Waals surface area contributed by atoms with Crippen LogP contribution in [-0.4, -0.2) is 23.9 Å². The third-order valence-corrected chi connectivity index (χ3v) is 2.73. The van der Waals surface area contributed by atoms with Gasteiger partial charge in [0, 0.05) is 42.7 Å². The van der Waals surface area contributed by atoms with Crippen LogP contribution < -0.4 is 10.6 Å². The number of nitro groups is 1. The Labute approximate surface area is 113 Å². The number of rotatable bonds is 6. The molecule has 1 rings (SSSR count). The molecule has 2 N–H and O–H groups in total. The molecule has 1 aromatic rings. The summed E-state index contributed by atoms with van der Waals surface area (Å²) in [6.07, 6.45) is 0. The number of benzene rings is 1. The maximum Gasteiger partial charge on any atom is 0.275 e. The summed E-state index contributed by atoms with van der Waals surface area (Å²) in [6, 6.07) is 4.94. The molecule has 98 valence electrons. The molecule has 0 fully saturated rings. The van der Waals surface area contributed by atoms with Gasteiger partial charge in [-0.25, -0.2) is 0 Å². The highest BCUT2D eigenvalue weighted by Gasteiger charge is 2.13. The van der Waals surface area contributed by atoms with Crippen molar-refractivity contribution < 1.29 is 9.72 Å². The SMILES string of the molecule is CC(=O)NCCNCc1ccc(Br)cc1[N+](=O)[O-]. The predicted octanol–water partition coefficient (Wildman–Crippen LogP) is 1.58. The van der Waals surface area contributed by atoms with Crippen LogP contribution in [0.4, 0.5) is 5.69 Å². The first-order chi connectivity index (χ1) is 8.50. The molecule has 0 aliphatic rings. The summed E-state index contributed by atoms with van der Waals surface area (Å²) in [4.78, 5) is 21.1. The molecule has 0 aliphatic heterocycles. The van der Waals surface area contributed by atoms with Crippen LogP contribution in [0.15, 0.2) is 22.7 Å². The minimum atomic E-state index is -0.407. The van der Waals surface area contributed by atoms with Gasteiger partial charge in [-0.1, -0.05) is 15.9 Å². The van der Waals surface area contributed by atoms with Crippen molar-refractivity contribution in [2.24, 2.45) is 0 Å². The van der Waals surface area contributed by atoms with E-state index in [9.17, 15) is 14.9 Å². The van der Waals surface area contributed by atoms with Gasteiger partial charge in [-0.2, -0.15) is 0 Å². The Kier molecular flexibility index (Phi) is 5.73. The molecular weight excluding hydrogens is 302 g/mol. The second kappa shape index (κ2) is 7.07. The van der Waals surface area contributed by atoms with E-state index in [0.29, 0.717) is 29.7 Å². The number of carbonyl (C=O) groups is 1. The molecule has 0 spiro atoms. The first-order valence-corrected chi connectivity index (χ1v) is 6.18. The monoisotopic (exact) mass is 315 g/mol. The lowest BCUT2D eigenvalue weighted by atomic mass is 10.2. The maximum absolute atomic E-state index is 10.9.